The lowest BCUT2D eigenvalue weighted by Crippen LogP contribution is -2.14. The van der Waals surface area contributed by atoms with Crippen molar-refractivity contribution in [3.63, 3.8) is 0 Å². The van der Waals surface area contributed by atoms with Crippen LogP contribution in [0.3, 0.4) is 0 Å². The van der Waals surface area contributed by atoms with Crippen LogP contribution in [0.25, 0.3) is 11.3 Å². The van der Waals surface area contributed by atoms with E-state index in [1.54, 1.807) is 0 Å². The SMILES string of the molecule is CC1CC1C(=O)Nc1nc(-c2ccc3c(c2)CCCC3)cs1. The first-order valence-electron chi connectivity index (χ1n) is 8.09. The van der Waals surface area contributed by atoms with E-state index in [0.717, 1.165) is 22.8 Å². The molecule has 2 aromatic rings. The van der Waals surface area contributed by atoms with Crippen LogP contribution in [-0.2, 0) is 17.6 Å². The van der Waals surface area contributed by atoms with E-state index in [0.29, 0.717) is 5.92 Å². The van der Waals surface area contributed by atoms with Crippen LogP contribution in [0.4, 0.5) is 5.13 Å². The summed E-state index contributed by atoms with van der Waals surface area (Å²) in [5.74, 6) is 0.843. The maximum Gasteiger partial charge on any atom is 0.229 e. The highest BCUT2D eigenvalue weighted by Crippen LogP contribution is 2.39. The van der Waals surface area contributed by atoms with Crippen molar-refractivity contribution in [2.75, 3.05) is 5.32 Å². The molecule has 1 amide bonds. The van der Waals surface area contributed by atoms with E-state index < -0.39 is 0 Å². The Morgan fingerprint density at radius 2 is 2.05 bits per heavy atom. The van der Waals surface area contributed by atoms with E-state index in [2.05, 4.69) is 35.4 Å². The third kappa shape index (κ3) is 2.68. The molecular formula is C18H20N2OS. The topological polar surface area (TPSA) is 42.0 Å². The molecule has 1 fully saturated rings. The van der Waals surface area contributed by atoms with Crippen LogP contribution in [0.5, 0.6) is 0 Å². The van der Waals surface area contributed by atoms with Crippen LogP contribution in [0.15, 0.2) is 23.6 Å². The molecule has 2 aliphatic carbocycles. The minimum Gasteiger partial charge on any atom is -0.302 e. The van der Waals surface area contributed by atoms with Crippen molar-refractivity contribution in [3.05, 3.63) is 34.7 Å². The normalized spacial score (nSPS) is 23.0. The first-order chi connectivity index (χ1) is 10.7. The molecule has 1 N–H and O–H groups in total. The minimum absolute atomic E-state index is 0.124. The van der Waals surface area contributed by atoms with Crippen molar-refractivity contribution in [2.24, 2.45) is 11.8 Å². The summed E-state index contributed by atoms with van der Waals surface area (Å²) in [6.07, 6.45) is 5.98. The fraction of sp³-hybridized carbons (Fsp3) is 0.444. The smallest absolute Gasteiger partial charge is 0.229 e. The number of benzene rings is 1. The number of carbonyl (C=O) groups excluding carboxylic acids is 1. The number of nitrogens with one attached hydrogen (secondary N) is 1. The van der Waals surface area contributed by atoms with Crippen LogP contribution < -0.4 is 5.32 Å². The largest absolute Gasteiger partial charge is 0.302 e. The predicted octanol–water partition coefficient (Wildman–Crippen LogP) is 4.28. The fourth-order valence-electron chi connectivity index (χ4n) is 3.24. The van der Waals surface area contributed by atoms with Gasteiger partial charge in [0.2, 0.25) is 5.91 Å². The Kier molecular flexibility index (Phi) is 3.49. The highest BCUT2D eigenvalue weighted by Gasteiger charge is 2.39. The molecule has 0 saturated heterocycles. The number of thiazole rings is 1. The van der Waals surface area contributed by atoms with Gasteiger partial charge in [-0.15, -0.1) is 11.3 Å². The molecule has 0 bridgehead atoms. The summed E-state index contributed by atoms with van der Waals surface area (Å²) in [5.41, 5.74) is 5.09. The van der Waals surface area contributed by atoms with Crippen molar-refractivity contribution in [1.29, 1.82) is 0 Å². The number of aryl methyl sites for hydroxylation is 2. The van der Waals surface area contributed by atoms with E-state index in [9.17, 15) is 4.79 Å². The summed E-state index contributed by atoms with van der Waals surface area (Å²) < 4.78 is 0. The Morgan fingerprint density at radius 3 is 2.82 bits per heavy atom. The van der Waals surface area contributed by atoms with Crippen LogP contribution in [0, 0.1) is 11.8 Å². The average Bonchev–Trinajstić information content (AvgIpc) is 3.09. The quantitative estimate of drug-likeness (QED) is 0.919. The second kappa shape index (κ2) is 5.51. The number of hydrogen-bond donors (Lipinski definition) is 1. The van der Waals surface area contributed by atoms with Gasteiger partial charge in [0.05, 0.1) is 5.69 Å². The molecule has 0 radical (unpaired) electrons. The lowest BCUT2D eigenvalue weighted by Gasteiger charge is -2.16. The molecular weight excluding hydrogens is 292 g/mol. The number of fused-ring (bicyclic) bond motifs is 1. The molecule has 1 aromatic carbocycles. The molecule has 1 saturated carbocycles. The number of hydrogen-bond acceptors (Lipinski definition) is 3. The van der Waals surface area contributed by atoms with Crippen LogP contribution >= 0.6 is 11.3 Å². The molecule has 3 nitrogen and oxygen atoms in total. The molecule has 114 valence electrons. The summed E-state index contributed by atoms with van der Waals surface area (Å²) in [7, 11) is 0. The van der Waals surface area contributed by atoms with Gasteiger partial charge in [0.15, 0.2) is 5.13 Å². The van der Waals surface area contributed by atoms with Crippen molar-refractivity contribution in [3.8, 4) is 11.3 Å². The zero-order valence-corrected chi connectivity index (χ0v) is 13.6. The Balaban J connectivity index is 1.52. The van der Waals surface area contributed by atoms with Gasteiger partial charge in [0.1, 0.15) is 0 Å². The van der Waals surface area contributed by atoms with Crippen LogP contribution in [0.2, 0.25) is 0 Å². The fourth-order valence-corrected chi connectivity index (χ4v) is 3.96. The molecule has 4 rings (SSSR count). The van der Waals surface area contributed by atoms with E-state index in [1.165, 1.54) is 48.1 Å². The molecule has 0 spiro atoms. The number of amides is 1. The van der Waals surface area contributed by atoms with Gasteiger partial charge in [0.25, 0.3) is 0 Å². The number of carbonyl (C=O) groups is 1. The Bertz CT molecular complexity index is 722. The highest BCUT2D eigenvalue weighted by molar-refractivity contribution is 7.14. The van der Waals surface area contributed by atoms with Gasteiger partial charge >= 0.3 is 0 Å². The Hall–Kier alpha value is -1.68. The van der Waals surface area contributed by atoms with Gasteiger partial charge in [-0.1, -0.05) is 19.1 Å². The van der Waals surface area contributed by atoms with Crippen molar-refractivity contribution in [2.45, 2.75) is 39.0 Å². The van der Waals surface area contributed by atoms with Crippen LogP contribution in [0.1, 0.15) is 37.3 Å². The van der Waals surface area contributed by atoms with Crippen molar-refractivity contribution in [1.82, 2.24) is 4.98 Å². The molecule has 2 unspecified atom stereocenters. The number of aromatic nitrogens is 1. The van der Waals surface area contributed by atoms with Gasteiger partial charge in [-0.3, -0.25) is 4.79 Å². The second-order valence-electron chi connectivity index (χ2n) is 6.54. The highest BCUT2D eigenvalue weighted by atomic mass is 32.1. The third-order valence-corrected chi connectivity index (χ3v) is 5.58. The van der Waals surface area contributed by atoms with Crippen molar-refractivity contribution < 1.29 is 4.79 Å². The van der Waals surface area contributed by atoms with Gasteiger partial charge in [-0.25, -0.2) is 4.98 Å². The van der Waals surface area contributed by atoms with Gasteiger partial charge in [0, 0.05) is 16.9 Å². The number of nitrogens with zero attached hydrogens (tertiary/aromatic N) is 1. The molecule has 22 heavy (non-hydrogen) atoms. The predicted molar refractivity (Wildman–Crippen MR) is 90.1 cm³/mol. The second-order valence-corrected chi connectivity index (χ2v) is 7.40. The summed E-state index contributed by atoms with van der Waals surface area (Å²) >= 11 is 1.51. The molecule has 2 aliphatic rings. The Labute approximate surface area is 134 Å². The number of rotatable bonds is 3. The molecule has 4 heteroatoms. The lowest BCUT2D eigenvalue weighted by atomic mass is 9.90. The molecule has 0 aliphatic heterocycles. The van der Waals surface area contributed by atoms with Crippen LogP contribution in [-0.4, -0.2) is 10.9 Å². The zero-order chi connectivity index (χ0) is 15.1. The zero-order valence-electron chi connectivity index (χ0n) is 12.8. The summed E-state index contributed by atoms with van der Waals surface area (Å²) in [4.78, 5) is 16.6. The van der Waals surface area contributed by atoms with Gasteiger partial charge < -0.3 is 5.32 Å². The van der Waals surface area contributed by atoms with E-state index in [4.69, 9.17) is 0 Å². The van der Waals surface area contributed by atoms with Gasteiger partial charge in [-0.05, 0) is 55.2 Å². The maximum absolute atomic E-state index is 12.0. The van der Waals surface area contributed by atoms with E-state index >= 15 is 0 Å². The average molecular weight is 312 g/mol. The number of anilines is 1. The molecule has 1 heterocycles. The van der Waals surface area contributed by atoms with Crippen molar-refractivity contribution >= 4 is 22.4 Å². The first kappa shape index (κ1) is 13.9. The lowest BCUT2D eigenvalue weighted by molar-refractivity contribution is -0.117. The summed E-state index contributed by atoms with van der Waals surface area (Å²) in [5, 5.41) is 5.71. The summed E-state index contributed by atoms with van der Waals surface area (Å²) in [6.45, 7) is 2.12. The molecule has 2 atom stereocenters. The third-order valence-electron chi connectivity index (χ3n) is 4.82. The Morgan fingerprint density at radius 1 is 1.27 bits per heavy atom. The standard InChI is InChI=1S/C18H20N2OS/c1-11-8-15(11)17(21)20-18-19-16(10-22-18)14-7-6-12-4-2-3-5-13(12)9-14/h6-7,9-11,15H,2-5,8H2,1H3,(H,19,20,21). The monoisotopic (exact) mass is 312 g/mol. The first-order valence-corrected chi connectivity index (χ1v) is 8.97. The summed E-state index contributed by atoms with van der Waals surface area (Å²) in [6, 6.07) is 6.68. The minimum atomic E-state index is 0.124. The maximum atomic E-state index is 12.0. The van der Waals surface area contributed by atoms with Gasteiger partial charge in [-0.2, -0.15) is 0 Å². The van der Waals surface area contributed by atoms with E-state index in [-0.39, 0.29) is 11.8 Å². The van der Waals surface area contributed by atoms with E-state index in [1.807, 2.05) is 5.38 Å². The molecule has 1 aromatic heterocycles.